The van der Waals surface area contributed by atoms with E-state index in [9.17, 15) is 10.2 Å². The van der Waals surface area contributed by atoms with Crippen LogP contribution in [0.25, 0.3) is 0 Å². The van der Waals surface area contributed by atoms with Gasteiger partial charge >= 0.3 is 0 Å². The smallest absolute Gasteiger partial charge is 0.0847 e. The second-order valence-electron chi connectivity index (χ2n) is 12.8. The summed E-state index contributed by atoms with van der Waals surface area (Å²) >= 11 is 0. The number of allylic oxidation sites excluding steroid dienone is 2. The van der Waals surface area contributed by atoms with Crippen LogP contribution in [-0.2, 0) is 0 Å². The molecule has 31 heavy (non-hydrogen) atoms. The predicted octanol–water partition coefficient (Wildman–Crippen LogP) is 6.92. The Labute approximate surface area is 191 Å². The first-order chi connectivity index (χ1) is 14.5. The van der Waals surface area contributed by atoms with Crippen LogP contribution in [0.15, 0.2) is 24.3 Å². The fourth-order valence-corrected chi connectivity index (χ4v) is 8.75. The van der Waals surface area contributed by atoms with Crippen LogP contribution < -0.4 is 0 Å². The molecule has 0 amide bonds. The number of hydrogen-bond acceptors (Lipinski definition) is 2. The number of fused-ring (bicyclic) bond motifs is 5. The van der Waals surface area contributed by atoms with Crippen LogP contribution in [0.3, 0.4) is 0 Å². The molecule has 176 valence electrons. The minimum absolute atomic E-state index is 0.0707. The third kappa shape index (κ3) is 3.78. The van der Waals surface area contributed by atoms with Crippen molar-refractivity contribution in [2.45, 2.75) is 111 Å². The van der Waals surface area contributed by atoms with Crippen molar-refractivity contribution in [1.82, 2.24) is 0 Å². The van der Waals surface area contributed by atoms with Crippen LogP contribution in [0.4, 0.5) is 0 Å². The Hall–Kier alpha value is -0.600. The summed E-state index contributed by atoms with van der Waals surface area (Å²) < 4.78 is 0. The van der Waals surface area contributed by atoms with Crippen molar-refractivity contribution in [3.8, 4) is 0 Å². The zero-order valence-corrected chi connectivity index (χ0v) is 20.9. The number of hydrogen-bond donors (Lipinski definition) is 2. The molecule has 0 aromatic heterocycles. The maximum absolute atomic E-state index is 11.0. The molecule has 0 aliphatic heterocycles. The third-order valence-electron chi connectivity index (χ3n) is 11.2. The zero-order valence-electron chi connectivity index (χ0n) is 20.9. The van der Waals surface area contributed by atoms with Crippen molar-refractivity contribution in [1.29, 1.82) is 0 Å². The van der Waals surface area contributed by atoms with Crippen molar-refractivity contribution in [3.63, 3.8) is 0 Å². The van der Waals surface area contributed by atoms with Gasteiger partial charge in [-0.3, -0.25) is 0 Å². The summed E-state index contributed by atoms with van der Waals surface area (Å²) in [5.41, 5.74) is 1.91. The largest absolute Gasteiger partial charge is 0.393 e. The Kier molecular flexibility index (Phi) is 6.32. The fourth-order valence-electron chi connectivity index (χ4n) is 8.75. The van der Waals surface area contributed by atoms with Gasteiger partial charge in [-0.05, 0) is 111 Å². The first-order valence-electron chi connectivity index (χ1n) is 13.3. The molecule has 2 heteroatoms. The van der Waals surface area contributed by atoms with E-state index in [-0.39, 0.29) is 12.0 Å². The van der Waals surface area contributed by atoms with Crippen LogP contribution in [0, 0.1) is 46.3 Å². The summed E-state index contributed by atoms with van der Waals surface area (Å²) in [6.45, 7) is 15.7. The van der Waals surface area contributed by atoms with Gasteiger partial charge in [0.05, 0.1) is 11.7 Å². The highest BCUT2D eigenvalue weighted by Crippen LogP contribution is 2.67. The van der Waals surface area contributed by atoms with E-state index in [1.165, 1.54) is 38.5 Å². The van der Waals surface area contributed by atoms with Gasteiger partial charge in [0.15, 0.2) is 0 Å². The molecule has 2 nitrogen and oxygen atoms in total. The maximum Gasteiger partial charge on any atom is 0.0847 e. The molecule has 0 heterocycles. The summed E-state index contributed by atoms with van der Waals surface area (Å²) in [6, 6.07) is 0. The van der Waals surface area contributed by atoms with Gasteiger partial charge in [-0.25, -0.2) is 0 Å². The third-order valence-corrected chi connectivity index (χ3v) is 11.2. The SMILES string of the molecule is C=C[C@](O)(CC[C@@H](C)[C@H]1CC[C@H]2C3=CC[C@H]4C[C@@H](O)CC[C@]4(C)[C@H]3CC[C@]12C)C(C)C. The molecule has 0 aromatic carbocycles. The van der Waals surface area contributed by atoms with Gasteiger partial charge in [-0.15, -0.1) is 6.58 Å². The monoisotopic (exact) mass is 428 g/mol. The minimum Gasteiger partial charge on any atom is -0.393 e. The molecule has 0 unspecified atom stereocenters. The average Bonchev–Trinajstić information content (AvgIpc) is 3.09. The highest BCUT2D eigenvalue weighted by atomic mass is 16.3. The normalized spacial score (nSPS) is 45.2. The summed E-state index contributed by atoms with van der Waals surface area (Å²) in [4.78, 5) is 0. The number of aliphatic hydroxyl groups is 2. The molecule has 2 N–H and O–H groups in total. The van der Waals surface area contributed by atoms with E-state index in [0.717, 1.165) is 43.4 Å². The predicted molar refractivity (Wildman–Crippen MR) is 130 cm³/mol. The van der Waals surface area contributed by atoms with E-state index >= 15 is 0 Å². The summed E-state index contributed by atoms with van der Waals surface area (Å²) in [7, 11) is 0. The van der Waals surface area contributed by atoms with Gasteiger partial charge in [-0.1, -0.05) is 52.3 Å². The van der Waals surface area contributed by atoms with E-state index in [1.807, 2.05) is 5.57 Å². The van der Waals surface area contributed by atoms with Crippen molar-refractivity contribution >= 4 is 0 Å². The van der Waals surface area contributed by atoms with Gasteiger partial charge in [0, 0.05) is 0 Å². The summed E-state index contributed by atoms with van der Waals surface area (Å²) in [5, 5.41) is 21.2. The van der Waals surface area contributed by atoms with Gasteiger partial charge in [-0.2, -0.15) is 0 Å². The van der Waals surface area contributed by atoms with Gasteiger partial charge < -0.3 is 10.2 Å². The minimum atomic E-state index is -0.730. The van der Waals surface area contributed by atoms with E-state index in [0.29, 0.717) is 22.7 Å². The lowest BCUT2D eigenvalue weighted by molar-refractivity contribution is -0.0436. The average molecular weight is 429 g/mol. The lowest BCUT2D eigenvalue weighted by Crippen LogP contribution is -2.50. The first kappa shape index (κ1) is 23.6. The molecule has 0 spiro atoms. The molecule has 4 aliphatic carbocycles. The Morgan fingerprint density at radius 2 is 1.77 bits per heavy atom. The van der Waals surface area contributed by atoms with Gasteiger partial charge in [0.25, 0.3) is 0 Å². The van der Waals surface area contributed by atoms with Crippen LogP contribution in [0.2, 0.25) is 0 Å². The van der Waals surface area contributed by atoms with Crippen molar-refractivity contribution < 1.29 is 10.2 Å². The Bertz CT molecular complexity index is 710. The molecule has 9 atom stereocenters. The second-order valence-corrected chi connectivity index (χ2v) is 12.8. The zero-order chi connectivity index (χ0) is 22.6. The fraction of sp³-hybridized carbons (Fsp3) is 0.862. The Balaban J connectivity index is 1.50. The molecule has 3 saturated carbocycles. The molecular weight excluding hydrogens is 380 g/mol. The van der Waals surface area contributed by atoms with Crippen LogP contribution in [-0.4, -0.2) is 21.9 Å². The Morgan fingerprint density at radius 3 is 2.45 bits per heavy atom. The molecule has 4 aliphatic rings. The lowest BCUT2D eigenvalue weighted by Gasteiger charge is -2.57. The van der Waals surface area contributed by atoms with E-state index in [4.69, 9.17) is 0 Å². The Morgan fingerprint density at radius 1 is 1.10 bits per heavy atom. The molecule has 0 bridgehead atoms. The van der Waals surface area contributed by atoms with Crippen LogP contribution in [0.5, 0.6) is 0 Å². The second kappa shape index (κ2) is 8.32. The topological polar surface area (TPSA) is 40.5 Å². The van der Waals surface area contributed by atoms with Crippen LogP contribution >= 0.6 is 0 Å². The molecule has 4 rings (SSSR count). The van der Waals surface area contributed by atoms with E-state index in [1.54, 1.807) is 6.08 Å². The summed E-state index contributed by atoms with van der Waals surface area (Å²) in [6.07, 6.45) is 16.1. The highest BCUT2D eigenvalue weighted by molar-refractivity contribution is 5.27. The first-order valence-corrected chi connectivity index (χ1v) is 13.3. The van der Waals surface area contributed by atoms with Gasteiger partial charge in [0.2, 0.25) is 0 Å². The van der Waals surface area contributed by atoms with E-state index < -0.39 is 5.60 Å². The van der Waals surface area contributed by atoms with Crippen molar-refractivity contribution in [2.75, 3.05) is 0 Å². The standard InChI is InChI=1S/C29H48O2/c1-7-29(31,19(2)3)17-12-20(4)24-10-11-25-23-9-8-21-18-22(30)13-15-27(21,5)26(23)14-16-28(24,25)6/h7,9,19-22,24-26,30-31H,1,8,10-18H2,2-6H3/t20-,21+,22+,24-,25+,26+,27+,28-,29+/m1/s1. The number of aliphatic hydroxyl groups excluding tert-OH is 1. The summed E-state index contributed by atoms with van der Waals surface area (Å²) in [5.74, 6) is 3.81. The van der Waals surface area contributed by atoms with Gasteiger partial charge in [0.1, 0.15) is 0 Å². The maximum atomic E-state index is 11.0. The molecule has 0 aromatic rings. The van der Waals surface area contributed by atoms with E-state index in [2.05, 4.69) is 47.3 Å². The van der Waals surface area contributed by atoms with Crippen LogP contribution in [0.1, 0.15) is 98.8 Å². The molecule has 0 radical (unpaired) electrons. The molecular formula is C29H48O2. The number of rotatable bonds is 6. The van der Waals surface area contributed by atoms with Crippen molar-refractivity contribution in [2.24, 2.45) is 46.3 Å². The van der Waals surface area contributed by atoms with Crippen molar-refractivity contribution in [3.05, 3.63) is 24.3 Å². The highest BCUT2D eigenvalue weighted by Gasteiger charge is 2.58. The molecule has 0 saturated heterocycles. The molecule has 3 fully saturated rings. The quantitative estimate of drug-likeness (QED) is 0.451. The lowest BCUT2D eigenvalue weighted by atomic mass is 9.47.